The Morgan fingerprint density at radius 1 is 1.05 bits per heavy atom. The number of hydrogen-bond donors (Lipinski definition) is 1. The molecule has 0 bridgehead atoms. The van der Waals surface area contributed by atoms with Crippen LogP contribution >= 0.6 is 0 Å². The van der Waals surface area contributed by atoms with Gasteiger partial charge in [-0.2, -0.15) is 0 Å². The highest BCUT2D eigenvalue weighted by Gasteiger charge is 2.42. The van der Waals surface area contributed by atoms with Gasteiger partial charge < -0.3 is 5.11 Å². The van der Waals surface area contributed by atoms with Crippen molar-refractivity contribution in [2.75, 3.05) is 5.75 Å². The van der Waals surface area contributed by atoms with Crippen LogP contribution in [0.25, 0.3) is 0 Å². The minimum absolute atomic E-state index is 0.00317. The first-order valence-electron chi connectivity index (χ1n) is 6.34. The fourth-order valence-corrected chi connectivity index (χ4v) is 4.34. The van der Waals surface area contributed by atoms with Gasteiger partial charge >= 0.3 is 0 Å². The second-order valence-electron chi connectivity index (χ2n) is 5.08. The molecule has 2 aromatic rings. The summed E-state index contributed by atoms with van der Waals surface area (Å²) in [5.41, 5.74) is -1.55. The predicted octanol–water partition coefficient (Wildman–Crippen LogP) is 2.38. The molecule has 0 aliphatic carbocycles. The lowest BCUT2D eigenvalue weighted by Gasteiger charge is -2.34. The molecule has 0 spiro atoms. The first-order valence-corrected chi connectivity index (χ1v) is 7.99. The molecule has 1 atom stereocenters. The van der Waals surface area contributed by atoms with Gasteiger partial charge in [0.05, 0.1) is 10.6 Å². The molecule has 1 aliphatic rings. The van der Waals surface area contributed by atoms with Gasteiger partial charge in [0.1, 0.15) is 17.2 Å². The zero-order chi connectivity index (χ0) is 15.3. The van der Waals surface area contributed by atoms with Gasteiger partial charge in [-0.05, 0) is 30.2 Å². The number of rotatable bonds is 1. The Balaban J connectivity index is 2.27. The number of benzene rings is 2. The highest BCUT2D eigenvalue weighted by molar-refractivity contribution is 7.91. The van der Waals surface area contributed by atoms with E-state index in [1.165, 1.54) is 12.1 Å². The molecule has 0 fully saturated rings. The van der Waals surface area contributed by atoms with Crippen LogP contribution in [-0.2, 0) is 15.4 Å². The van der Waals surface area contributed by atoms with Crippen molar-refractivity contribution in [2.24, 2.45) is 0 Å². The summed E-state index contributed by atoms with van der Waals surface area (Å²) in [6.45, 7) is 0. The topological polar surface area (TPSA) is 54.4 Å². The lowest BCUT2D eigenvalue weighted by atomic mass is 9.83. The standard InChI is InChI=1S/C15H12F2O3S/c16-11-7-10(8-12(17)9-11)15(18)5-6-21(19,20)14-4-2-1-3-13(14)15/h1-4,7-9,18H,5-6H2. The third-order valence-electron chi connectivity index (χ3n) is 3.74. The van der Waals surface area contributed by atoms with E-state index in [1.54, 1.807) is 12.1 Å². The van der Waals surface area contributed by atoms with Crippen molar-refractivity contribution in [1.82, 2.24) is 0 Å². The predicted molar refractivity (Wildman–Crippen MR) is 72.5 cm³/mol. The smallest absolute Gasteiger partial charge is 0.178 e. The van der Waals surface area contributed by atoms with Gasteiger partial charge in [0.25, 0.3) is 0 Å². The Hall–Kier alpha value is -1.79. The summed E-state index contributed by atoms with van der Waals surface area (Å²) in [4.78, 5) is 0.00317. The summed E-state index contributed by atoms with van der Waals surface area (Å²) < 4.78 is 51.0. The molecule has 1 unspecified atom stereocenters. The molecular formula is C15H12F2O3S. The Kier molecular flexibility index (Phi) is 3.11. The molecule has 0 amide bonds. The summed E-state index contributed by atoms with van der Waals surface area (Å²) in [5, 5.41) is 10.9. The number of sulfone groups is 1. The van der Waals surface area contributed by atoms with Crippen LogP contribution in [0.2, 0.25) is 0 Å². The first-order chi connectivity index (χ1) is 9.83. The molecule has 6 heteroatoms. The summed E-state index contributed by atoms with van der Waals surface area (Å²) in [5.74, 6) is -1.91. The van der Waals surface area contributed by atoms with Gasteiger partial charge in [0, 0.05) is 11.6 Å². The number of halogens is 2. The Morgan fingerprint density at radius 3 is 2.33 bits per heavy atom. The second kappa shape index (κ2) is 4.61. The van der Waals surface area contributed by atoms with Gasteiger partial charge in [-0.3, -0.25) is 0 Å². The fraction of sp³-hybridized carbons (Fsp3) is 0.200. The Morgan fingerprint density at radius 2 is 1.67 bits per heavy atom. The van der Waals surface area contributed by atoms with E-state index in [2.05, 4.69) is 0 Å². The second-order valence-corrected chi connectivity index (χ2v) is 7.16. The summed E-state index contributed by atoms with van der Waals surface area (Å²) in [6.07, 6.45) is -0.144. The maximum atomic E-state index is 13.4. The van der Waals surface area contributed by atoms with E-state index in [1.807, 2.05) is 0 Å². The average Bonchev–Trinajstić information content (AvgIpc) is 2.43. The van der Waals surface area contributed by atoms with Crippen molar-refractivity contribution in [3.8, 4) is 0 Å². The minimum Gasteiger partial charge on any atom is -0.380 e. The van der Waals surface area contributed by atoms with Crippen LogP contribution in [0.1, 0.15) is 17.5 Å². The molecule has 1 heterocycles. The third kappa shape index (κ3) is 2.24. The highest BCUT2D eigenvalue weighted by Crippen LogP contribution is 2.41. The molecule has 0 aromatic heterocycles. The summed E-state index contributed by atoms with van der Waals surface area (Å²) >= 11 is 0. The number of hydrogen-bond acceptors (Lipinski definition) is 3. The zero-order valence-electron chi connectivity index (χ0n) is 10.9. The van der Waals surface area contributed by atoms with Crippen LogP contribution in [0.5, 0.6) is 0 Å². The molecule has 0 saturated heterocycles. The average molecular weight is 310 g/mol. The minimum atomic E-state index is -3.49. The molecule has 2 aromatic carbocycles. The molecule has 0 radical (unpaired) electrons. The highest BCUT2D eigenvalue weighted by atomic mass is 32.2. The SMILES string of the molecule is O=S1(=O)CCC(O)(c2cc(F)cc(F)c2)c2ccccc21. The number of fused-ring (bicyclic) bond motifs is 1. The van der Waals surface area contributed by atoms with E-state index >= 15 is 0 Å². The van der Waals surface area contributed by atoms with E-state index < -0.39 is 27.1 Å². The Labute approximate surface area is 120 Å². The van der Waals surface area contributed by atoms with E-state index in [0.717, 1.165) is 12.1 Å². The fourth-order valence-electron chi connectivity index (χ4n) is 2.70. The van der Waals surface area contributed by atoms with E-state index in [-0.39, 0.29) is 28.2 Å². The molecule has 3 rings (SSSR count). The van der Waals surface area contributed by atoms with Crippen molar-refractivity contribution in [1.29, 1.82) is 0 Å². The van der Waals surface area contributed by atoms with Gasteiger partial charge in [0.15, 0.2) is 9.84 Å². The van der Waals surface area contributed by atoms with E-state index in [0.29, 0.717) is 6.07 Å². The maximum absolute atomic E-state index is 13.4. The van der Waals surface area contributed by atoms with Gasteiger partial charge in [-0.1, -0.05) is 18.2 Å². The molecule has 21 heavy (non-hydrogen) atoms. The van der Waals surface area contributed by atoms with E-state index in [9.17, 15) is 22.3 Å². The molecule has 3 nitrogen and oxygen atoms in total. The van der Waals surface area contributed by atoms with E-state index in [4.69, 9.17) is 0 Å². The van der Waals surface area contributed by atoms with Crippen molar-refractivity contribution in [3.63, 3.8) is 0 Å². The van der Waals surface area contributed by atoms with Gasteiger partial charge in [0.2, 0.25) is 0 Å². The molecule has 1 aliphatic heterocycles. The van der Waals surface area contributed by atoms with Crippen LogP contribution in [0.3, 0.4) is 0 Å². The van der Waals surface area contributed by atoms with Crippen LogP contribution in [0.4, 0.5) is 8.78 Å². The lowest BCUT2D eigenvalue weighted by molar-refractivity contribution is 0.0710. The van der Waals surface area contributed by atoms with Crippen molar-refractivity contribution >= 4 is 9.84 Å². The summed E-state index contributed by atoms with van der Waals surface area (Å²) in [7, 11) is -3.49. The zero-order valence-corrected chi connectivity index (χ0v) is 11.7. The van der Waals surface area contributed by atoms with Crippen LogP contribution in [0.15, 0.2) is 47.4 Å². The normalized spacial score (nSPS) is 23.6. The molecule has 1 N–H and O–H groups in total. The van der Waals surface area contributed by atoms with Crippen molar-refractivity contribution < 1.29 is 22.3 Å². The van der Waals surface area contributed by atoms with Crippen molar-refractivity contribution in [2.45, 2.75) is 16.9 Å². The molecule has 110 valence electrons. The van der Waals surface area contributed by atoms with Crippen LogP contribution < -0.4 is 0 Å². The summed E-state index contributed by atoms with van der Waals surface area (Å²) in [6, 6.07) is 8.75. The third-order valence-corrected chi connectivity index (χ3v) is 5.51. The van der Waals surface area contributed by atoms with Gasteiger partial charge in [-0.15, -0.1) is 0 Å². The van der Waals surface area contributed by atoms with Crippen LogP contribution in [-0.4, -0.2) is 19.3 Å². The first kappa shape index (κ1) is 14.2. The lowest BCUT2D eigenvalue weighted by Crippen LogP contribution is -2.36. The number of aliphatic hydroxyl groups is 1. The largest absolute Gasteiger partial charge is 0.380 e. The van der Waals surface area contributed by atoms with Crippen LogP contribution in [0, 0.1) is 11.6 Å². The van der Waals surface area contributed by atoms with Crippen molar-refractivity contribution in [3.05, 3.63) is 65.2 Å². The quantitative estimate of drug-likeness (QED) is 0.880. The maximum Gasteiger partial charge on any atom is 0.178 e. The Bertz CT molecular complexity index is 797. The monoisotopic (exact) mass is 310 g/mol. The molecular weight excluding hydrogens is 298 g/mol. The molecule has 0 saturated carbocycles. The van der Waals surface area contributed by atoms with Gasteiger partial charge in [-0.25, -0.2) is 17.2 Å².